The molecular weight excluding hydrogens is 359 g/mol. The van der Waals surface area contributed by atoms with Crippen LogP contribution in [0.25, 0.3) is 11.3 Å². The zero-order valence-electron chi connectivity index (χ0n) is 15.9. The lowest BCUT2D eigenvalue weighted by molar-refractivity contribution is 0.0758. The Bertz CT molecular complexity index is 1030. The van der Waals surface area contributed by atoms with Crippen LogP contribution in [0.5, 0.6) is 5.88 Å². The largest absolute Gasteiger partial charge is 0.481 e. The summed E-state index contributed by atoms with van der Waals surface area (Å²) in [6, 6.07) is 8.41. The van der Waals surface area contributed by atoms with Crippen LogP contribution in [0.3, 0.4) is 0 Å². The summed E-state index contributed by atoms with van der Waals surface area (Å²) in [5, 5.41) is 0. The maximum atomic E-state index is 13.9. The average molecular weight is 380 g/mol. The summed E-state index contributed by atoms with van der Waals surface area (Å²) >= 11 is 0. The van der Waals surface area contributed by atoms with E-state index < -0.39 is 0 Å². The highest BCUT2D eigenvalue weighted by molar-refractivity contribution is 5.95. The molecule has 28 heavy (non-hydrogen) atoms. The van der Waals surface area contributed by atoms with E-state index in [0.29, 0.717) is 43.1 Å². The molecule has 0 saturated heterocycles. The number of methoxy groups -OCH3 is 1. The van der Waals surface area contributed by atoms with E-state index in [-0.39, 0.29) is 11.7 Å². The van der Waals surface area contributed by atoms with Crippen molar-refractivity contribution in [3.05, 3.63) is 65.5 Å². The molecule has 4 rings (SSSR count). The van der Waals surface area contributed by atoms with Crippen molar-refractivity contribution in [3.63, 3.8) is 0 Å². The highest BCUT2D eigenvalue weighted by Gasteiger charge is 2.24. The van der Waals surface area contributed by atoms with Crippen molar-refractivity contribution < 1.29 is 13.9 Å². The molecule has 0 unspecified atom stereocenters. The van der Waals surface area contributed by atoms with Crippen molar-refractivity contribution in [2.75, 3.05) is 20.2 Å². The number of hydrogen-bond acceptors (Lipinski definition) is 4. The fraction of sp³-hybridized carbons (Fsp3) is 0.286. The van der Waals surface area contributed by atoms with Gasteiger partial charge >= 0.3 is 0 Å². The minimum absolute atomic E-state index is 0.144. The van der Waals surface area contributed by atoms with Gasteiger partial charge in [-0.2, -0.15) is 0 Å². The standard InChI is InChI=1S/C21H21FN4O2/c1-14-16(4-3-5-17(14)22)21(27)25-9-7-19-24-13-18(26(19)11-10-25)15-6-8-23-20(12-15)28-2/h3-6,8,12-13H,7,9-11H2,1-2H3. The summed E-state index contributed by atoms with van der Waals surface area (Å²) in [5.74, 6) is 0.967. The van der Waals surface area contributed by atoms with Crippen molar-refractivity contribution in [3.8, 4) is 17.1 Å². The van der Waals surface area contributed by atoms with Gasteiger partial charge < -0.3 is 14.2 Å². The summed E-state index contributed by atoms with van der Waals surface area (Å²) in [5.41, 5.74) is 2.73. The maximum Gasteiger partial charge on any atom is 0.254 e. The molecule has 0 fully saturated rings. The van der Waals surface area contributed by atoms with E-state index in [4.69, 9.17) is 4.74 Å². The number of imidazole rings is 1. The van der Waals surface area contributed by atoms with E-state index in [1.54, 1.807) is 37.3 Å². The van der Waals surface area contributed by atoms with Gasteiger partial charge in [-0.05, 0) is 30.7 Å². The molecule has 2 aromatic heterocycles. The lowest BCUT2D eigenvalue weighted by atomic mass is 10.1. The summed E-state index contributed by atoms with van der Waals surface area (Å²) in [4.78, 5) is 23.4. The third-order valence-corrected chi connectivity index (χ3v) is 5.16. The van der Waals surface area contributed by atoms with Gasteiger partial charge in [0.05, 0.1) is 19.0 Å². The quantitative estimate of drug-likeness (QED) is 0.701. The predicted octanol–water partition coefficient (Wildman–Crippen LogP) is 3.10. The van der Waals surface area contributed by atoms with Crippen molar-refractivity contribution in [2.45, 2.75) is 19.9 Å². The first-order valence-corrected chi connectivity index (χ1v) is 9.17. The van der Waals surface area contributed by atoms with Crippen LogP contribution in [0, 0.1) is 12.7 Å². The summed E-state index contributed by atoms with van der Waals surface area (Å²) < 4.78 is 21.2. The first-order valence-electron chi connectivity index (χ1n) is 9.17. The monoisotopic (exact) mass is 380 g/mol. The van der Waals surface area contributed by atoms with Gasteiger partial charge in [-0.25, -0.2) is 14.4 Å². The maximum absolute atomic E-state index is 13.9. The summed E-state index contributed by atoms with van der Waals surface area (Å²) in [6.45, 7) is 3.34. The lowest BCUT2D eigenvalue weighted by Gasteiger charge is -2.21. The number of carbonyl (C=O) groups excluding carboxylic acids is 1. The van der Waals surface area contributed by atoms with Gasteiger partial charge in [0.2, 0.25) is 5.88 Å². The molecule has 1 aromatic carbocycles. The molecular formula is C21H21FN4O2. The van der Waals surface area contributed by atoms with Crippen LogP contribution < -0.4 is 4.74 Å². The third-order valence-electron chi connectivity index (χ3n) is 5.16. The van der Waals surface area contributed by atoms with Gasteiger partial charge in [-0.15, -0.1) is 0 Å². The topological polar surface area (TPSA) is 60.2 Å². The van der Waals surface area contributed by atoms with Crippen molar-refractivity contribution in [1.29, 1.82) is 0 Å². The second kappa shape index (κ2) is 7.42. The molecule has 0 atom stereocenters. The molecule has 1 aliphatic heterocycles. The summed E-state index contributed by atoms with van der Waals surface area (Å²) in [7, 11) is 1.58. The van der Waals surface area contributed by atoms with Crippen LogP contribution in [-0.4, -0.2) is 45.5 Å². The SMILES string of the molecule is COc1cc(-c2cnc3n2CCN(C(=O)c2cccc(F)c2C)CC3)ccn1. The first-order chi connectivity index (χ1) is 13.6. The zero-order valence-corrected chi connectivity index (χ0v) is 15.9. The number of rotatable bonds is 3. The second-order valence-electron chi connectivity index (χ2n) is 6.75. The van der Waals surface area contributed by atoms with Crippen LogP contribution in [0.4, 0.5) is 4.39 Å². The van der Waals surface area contributed by atoms with Crippen LogP contribution >= 0.6 is 0 Å². The zero-order chi connectivity index (χ0) is 19.7. The summed E-state index contributed by atoms with van der Waals surface area (Å²) in [6.07, 6.45) is 4.19. The van der Waals surface area contributed by atoms with Crippen LogP contribution in [0.2, 0.25) is 0 Å². The van der Waals surface area contributed by atoms with Gasteiger partial charge in [0.15, 0.2) is 0 Å². The minimum Gasteiger partial charge on any atom is -0.481 e. The predicted molar refractivity (Wildman–Crippen MR) is 103 cm³/mol. The van der Waals surface area contributed by atoms with E-state index in [1.807, 2.05) is 18.3 Å². The molecule has 3 heterocycles. The number of fused-ring (bicyclic) bond motifs is 1. The van der Waals surface area contributed by atoms with Gasteiger partial charge in [0.1, 0.15) is 11.6 Å². The Labute approximate surface area is 162 Å². The fourth-order valence-electron chi connectivity index (χ4n) is 3.55. The molecule has 1 amide bonds. The van der Waals surface area contributed by atoms with Crippen LogP contribution in [0.1, 0.15) is 21.7 Å². The number of pyridine rings is 1. The molecule has 6 nitrogen and oxygen atoms in total. The molecule has 0 spiro atoms. The van der Waals surface area contributed by atoms with E-state index in [0.717, 1.165) is 17.1 Å². The van der Waals surface area contributed by atoms with Crippen LogP contribution in [-0.2, 0) is 13.0 Å². The van der Waals surface area contributed by atoms with E-state index in [9.17, 15) is 9.18 Å². The Morgan fingerprint density at radius 3 is 2.86 bits per heavy atom. The number of hydrogen-bond donors (Lipinski definition) is 0. The molecule has 0 aliphatic carbocycles. The molecule has 0 bridgehead atoms. The van der Waals surface area contributed by atoms with E-state index >= 15 is 0 Å². The second-order valence-corrected chi connectivity index (χ2v) is 6.75. The number of halogens is 1. The van der Waals surface area contributed by atoms with Crippen LogP contribution in [0.15, 0.2) is 42.7 Å². The molecule has 3 aromatic rings. The molecule has 0 radical (unpaired) electrons. The van der Waals surface area contributed by atoms with Gasteiger partial charge in [-0.1, -0.05) is 6.07 Å². The number of aromatic nitrogens is 3. The Morgan fingerprint density at radius 2 is 2.04 bits per heavy atom. The molecule has 144 valence electrons. The van der Waals surface area contributed by atoms with Gasteiger partial charge in [-0.3, -0.25) is 4.79 Å². The Kier molecular flexibility index (Phi) is 4.81. The van der Waals surface area contributed by atoms with Crippen molar-refractivity contribution >= 4 is 5.91 Å². The molecule has 1 aliphatic rings. The Balaban J connectivity index is 1.58. The van der Waals surface area contributed by atoms with Gasteiger partial charge in [0.25, 0.3) is 5.91 Å². The van der Waals surface area contributed by atoms with Gasteiger partial charge in [0, 0.05) is 49.4 Å². The van der Waals surface area contributed by atoms with E-state index in [2.05, 4.69) is 14.5 Å². The Hall–Kier alpha value is -3.22. The minimum atomic E-state index is -0.359. The molecule has 0 N–H and O–H groups in total. The Morgan fingerprint density at radius 1 is 1.18 bits per heavy atom. The third kappa shape index (κ3) is 3.24. The van der Waals surface area contributed by atoms with E-state index in [1.165, 1.54) is 6.07 Å². The number of carbonyl (C=O) groups is 1. The number of amides is 1. The smallest absolute Gasteiger partial charge is 0.254 e. The number of nitrogens with zero attached hydrogens (tertiary/aromatic N) is 4. The number of ether oxygens (including phenoxy) is 1. The molecule has 7 heteroatoms. The number of benzene rings is 1. The molecule has 0 saturated carbocycles. The first kappa shape index (κ1) is 18.2. The average Bonchev–Trinajstić information content (AvgIpc) is 3.01. The normalized spacial score (nSPS) is 13.8. The van der Waals surface area contributed by atoms with Crippen molar-refractivity contribution in [2.24, 2.45) is 0 Å². The fourth-order valence-corrected chi connectivity index (χ4v) is 3.55. The highest BCUT2D eigenvalue weighted by atomic mass is 19.1. The lowest BCUT2D eigenvalue weighted by Crippen LogP contribution is -2.34. The highest BCUT2D eigenvalue weighted by Crippen LogP contribution is 2.25. The van der Waals surface area contributed by atoms with Crippen molar-refractivity contribution in [1.82, 2.24) is 19.4 Å².